The number of rotatable bonds is 5. The molecule has 18 heavy (non-hydrogen) atoms. The number of hydrogen-bond donors (Lipinski definition) is 2. The second-order valence-electron chi connectivity index (χ2n) is 3.67. The smallest absolute Gasteiger partial charge is 0.337 e. The monoisotopic (exact) mass is 272 g/mol. The summed E-state index contributed by atoms with van der Waals surface area (Å²) in [5, 5.41) is 17.5. The lowest BCUT2D eigenvalue weighted by Crippen LogP contribution is -2.18. The van der Waals surface area contributed by atoms with Gasteiger partial charge in [-0.2, -0.15) is 0 Å². The first kappa shape index (κ1) is 14.5. The Kier molecular flexibility index (Phi) is 4.69. The van der Waals surface area contributed by atoms with Crippen molar-refractivity contribution in [2.24, 2.45) is 0 Å². The van der Waals surface area contributed by atoms with Crippen LogP contribution in [0.1, 0.15) is 28.9 Å². The molecule has 0 spiro atoms. The average Bonchev–Trinajstić information content (AvgIpc) is 2.35. The number of carboxylic acids is 1. The van der Waals surface area contributed by atoms with Crippen LogP contribution in [-0.4, -0.2) is 34.5 Å². The summed E-state index contributed by atoms with van der Waals surface area (Å²) in [6.07, 6.45) is -1.77. The molecule has 0 aromatic heterocycles. The fourth-order valence-corrected chi connectivity index (χ4v) is 1.58. The number of ketones is 1. The highest BCUT2D eigenvalue weighted by Crippen LogP contribution is 2.25. The Morgan fingerprint density at radius 3 is 2.44 bits per heavy atom. The molecule has 98 valence electrons. The molecule has 2 N–H and O–H groups in total. The molecular weight excluding hydrogens is 260 g/mol. The number of Topliss-reactive ketones (excluding diaryl/α,β-unsaturated/α-hetero) is 1. The van der Waals surface area contributed by atoms with E-state index in [4.69, 9.17) is 21.4 Å². The molecule has 1 rings (SSSR count). The van der Waals surface area contributed by atoms with E-state index in [1.54, 1.807) is 0 Å². The average molecular weight is 273 g/mol. The maximum Gasteiger partial charge on any atom is 0.337 e. The number of ether oxygens (including phenoxy) is 1. The number of methoxy groups -OCH3 is 1. The number of aliphatic carboxylic acids is 1. The van der Waals surface area contributed by atoms with Crippen molar-refractivity contribution in [1.82, 2.24) is 0 Å². The summed E-state index contributed by atoms with van der Waals surface area (Å²) in [6, 6.07) is 4.17. The molecule has 0 saturated carbocycles. The van der Waals surface area contributed by atoms with Gasteiger partial charge in [0.25, 0.3) is 0 Å². The van der Waals surface area contributed by atoms with Crippen molar-refractivity contribution in [3.63, 3.8) is 0 Å². The van der Waals surface area contributed by atoms with Gasteiger partial charge in [-0.25, -0.2) is 4.79 Å². The molecule has 0 aliphatic rings. The van der Waals surface area contributed by atoms with E-state index >= 15 is 0 Å². The molecule has 1 aromatic rings. The molecule has 0 heterocycles. The minimum Gasteiger partial charge on any atom is -0.497 e. The predicted molar refractivity (Wildman–Crippen MR) is 65.2 cm³/mol. The molecule has 0 saturated heterocycles. The molecule has 0 fully saturated rings. The lowest BCUT2D eigenvalue weighted by Gasteiger charge is -2.13. The highest BCUT2D eigenvalue weighted by atomic mass is 35.5. The predicted octanol–water partition coefficient (Wildman–Crippen LogP) is 1.62. The van der Waals surface area contributed by atoms with E-state index in [0.29, 0.717) is 5.75 Å². The first-order chi connectivity index (χ1) is 8.38. The number of hydrogen-bond acceptors (Lipinski definition) is 4. The van der Waals surface area contributed by atoms with Gasteiger partial charge in [-0.3, -0.25) is 4.79 Å². The first-order valence-electron chi connectivity index (χ1n) is 5.15. The Hall–Kier alpha value is -1.59. The van der Waals surface area contributed by atoms with Gasteiger partial charge < -0.3 is 14.9 Å². The number of benzene rings is 1. The van der Waals surface area contributed by atoms with Crippen molar-refractivity contribution < 1.29 is 24.5 Å². The fourth-order valence-electron chi connectivity index (χ4n) is 1.46. The van der Waals surface area contributed by atoms with Crippen LogP contribution in [-0.2, 0) is 4.79 Å². The minimum absolute atomic E-state index is 0.000741. The van der Waals surface area contributed by atoms with E-state index in [9.17, 15) is 14.7 Å². The zero-order valence-electron chi connectivity index (χ0n) is 9.88. The van der Waals surface area contributed by atoms with Crippen molar-refractivity contribution in [2.75, 3.05) is 7.11 Å². The molecule has 5 nitrogen and oxygen atoms in total. The molecule has 2 atom stereocenters. The summed E-state index contributed by atoms with van der Waals surface area (Å²) in [5.41, 5.74) is 0.0487. The molecule has 6 heteroatoms. The van der Waals surface area contributed by atoms with Crippen molar-refractivity contribution >= 4 is 23.4 Å². The highest BCUT2D eigenvalue weighted by molar-refractivity contribution is 6.33. The van der Waals surface area contributed by atoms with Crippen LogP contribution in [0, 0.1) is 0 Å². The molecule has 0 aliphatic heterocycles. The van der Waals surface area contributed by atoms with E-state index in [1.165, 1.54) is 32.2 Å². The summed E-state index contributed by atoms with van der Waals surface area (Å²) in [4.78, 5) is 22.6. The van der Waals surface area contributed by atoms with Crippen LogP contribution in [0.3, 0.4) is 0 Å². The van der Waals surface area contributed by atoms with E-state index in [-0.39, 0.29) is 11.1 Å². The zero-order valence-corrected chi connectivity index (χ0v) is 10.6. The number of carboxylic acid groups (broad SMARTS) is 1. The SMILES string of the molecule is COc1ccc(C(O)C(=O)O)c(C(=O)C(C)Cl)c1. The minimum atomic E-state index is -1.77. The van der Waals surface area contributed by atoms with E-state index in [0.717, 1.165) is 0 Å². The van der Waals surface area contributed by atoms with Gasteiger partial charge in [0.05, 0.1) is 12.5 Å². The normalized spacial score (nSPS) is 13.8. The van der Waals surface area contributed by atoms with Gasteiger partial charge in [0.2, 0.25) is 0 Å². The van der Waals surface area contributed by atoms with Crippen molar-refractivity contribution in [1.29, 1.82) is 0 Å². The van der Waals surface area contributed by atoms with Crippen LogP contribution in [0.2, 0.25) is 0 Å². The van der Waals surface area contributed by atoms with Crippen LogP contribution < -0.4 is 4.74 Å². The molecule has 2 unspecified atom stereocenters. The molecule has 1 aromatic carbocycles. The third kappa shape index (κ3) is 3.00. The van der Waals surface area contributed by atoms with Gasteiger partial charge in [0, 0.05) is 11.1 Å². The first-order valence-corrected chi connectivity index (χ1v) is 5.59. The standard InChI is InChI=1S/C12H13ClO5/c1-6(13)10(14)9-5-7(18-2)3-4-8(9)11(15)12(16)17/h3-6,11,15H,1-2H3,(H,16,17). The zero-order chi connectivity index (χ0) is 13.9. The lowest BCUT2D eigenvalue weighted by molar-refractivity contribution is -0.146. The van der Waals surface area contributed by atoms with Gasteiger partial charge in [-0.05, 0) is 19.1 Å². The highest BCUT2D eigenvalue weighted by Gasteiger charge is 2.25. The van der Waals surface area contributed by atoms with Crippen LogP contribution in [0.25, 0.3) is 0 Å². The molecule has 0 bridgehead atoms. The molecular formula is C12H13ClO5. The van der Waals surface area contributed by atoms with Crippen molar-refractivity contribution in [2.45, 2.75) is 18.4 Å². The van der Waals surface area contributed by atoms with E-state index in [1.807, 2.05) is 0 Å². The summed E-state index contributed by atoms with van der Waals surface area (Å²) in [7, 11) is 1.42. The van der Waals surface area contributed by atoms with Gasteiger partial charge >= 0.3 is 5.97 Å². The quantitative estimate of drug-likeness (QED) is 0.629. The second-order valence-corrected chi connectivity index (χ2v) is 4.33. The molecule has 0 aliphatic carbocycles. The van der Waals surface area contributed by atoms with Crippen LogP contribution >= 0.6 is 11.6 Å². The van der Waals surface area contributed by atoms with Gasteiger partial charge in [-0.1, -0.05) is 6.07 Å². The number of aliphatic hydroxyl groups excluding tert-OH is 1. The lowest BCUT2D eigenvalue weighted by atomic mass is 9.97. The van der Waals surface area contributed by atoms with E-state index in [2.05, 4.69) is 0 Å². The second kappa shape index (κ2) is 5.84. The van der Waals surface area contributed by atoms with Crippen LogP contribution in [0.5, 0.6) is 5.75 Å². The topological polar surface area (TPSA) is 83.8 Å². The summed E-state index contributed by atoms with van der Waals surface area (Å²) >= 11 is 5.70. The Morgan fingerprint density at radius 2 is 2.00 bits per heavy atom. The largest absolute Gasteiger partial charge is 0.497 e. The van der Waals surface area contributed by atoms with E-state index < -0.39 is 23.2 Å². The fraction of sp³-hybridized carbons (Fsp3) is 0.333. The number of alkyl halides is 1. The maximum atomic E-state index is 11.9. The Labute approximate surface area is 109 Å². The van der Waals surface area contributed by atoms with Gasteiger partial charge in [-0.15, -0.1) is 11.6 Å². The van der Waals surface area contributed by atoms with Crippen LogP contribution in [0.4, 0.5) is 0 Å². The van der Waals surface area contributed by atoms with Crippen LogP contribution in [0.15, 0.2) is 18.2 Å². The third-order valence-corrected chi connectivity index (χ3v) is 2.61. The number of halogens is 1. The molecule has 0 amide bonds. The number of carbonyl (C=O) groups is 2. The Morgan fingerprint density at radius 1 is 1.39 bits per heavy atom. The summed E-state index contributed by atoms with van der Waals surface area (Å²) in [5.74, 6) is -1.51. The van der Waals surface area contributed by atoms with Gasteiger partial charge in [0.1, 0.15) is 5.75 Å². The Bertz CT molecular complexity index is 470. The third-order valence-electron chi connectivity index (χ3n) is 2.42. The van der Waals surface area contributed by atoms with Crippen molar-refractivity contribution in [3.8, 4) is 5.75 Å². The van der Waals surface area contributed by atoms with Gasteiger partial charge in [0.15, 0.2) is 11.9 Å². The Balaban J connectivity index is 3.33. The summed E-state index contributed by atoms with van der Waals surface area (Å²) in [6.45, 7) is 1.47. The van der Waals surface area contributed by atoms with Crippen molar-refractivity contribution in [3.05, 3.63) is 29.3 Å². The molecule has 0 radical (unpaired) electrons. The number of aliphatic hydroxyl groups is 1. The summed E-state index contributed by atoms with van der Waals surface area (Å²) < 4.78 is 4.96. The maximum absolute atomic E-state index is 11.9. The number of carbonyl (C=O) groups excluding carboxylic acids is 1.